The summed E-state index contributed by atoms with van der Waals surface area (Å²) in [7, 11) is -4.45. The Hall–Kier alpha value is -0.0500. The van der Waals surface area contributed by atoms with Gasteiger partial charge in [-0.15, -0.1) is 0 Å². The van der Waals surface area contributed by atoms with Crippen molar-refractivity contribution in [1.82, 2.24) is 0 Å². The third-order valence-corrected chi connectivity index (χ3v) is 12.1. The molecule has 1 aliphatic carbocycles. The van der Waals surface area contributed by atoms with Gasteiger partial charge in [0.15, 0.2) is 0 Å². The third kappa shape index (κ3) is 21.3. The Morgan fingerprint density at radius 2 is 0.979 bits per heavy atom. The van der Waals surface area contributed by atoms with Crippen molar-refractivity contribution in [2.75, 3.05) is 13.2 Å². The molecule has 0 radical (unpaired) electrons. The fraction of sp³-hybridized carbons (Fsp3) is 1.00. The SMILES string of the molecule is CCCCCCC[C@H](C)CCC[C@H](C)CCC[C@H](C)CCC[C@@H](C)CCC[C@H](C)CCCOP(=O)(O)O[C@@H]1C[C@H](CO)[C@@H](O)[C@H](O)[C@@H]1O. The summed E-state index contributed by atoms with van der Waals surface area (Å²) in [6, 6.07) is 0. The van der Waals surface area contributed by atoms with E-state index in [4.69, 9.17) is 9.05 Å². The van der Waals surface area contributed by atoms with E-state index in [2.05, 4.69) is 41.5 Å². The highest BCUT2D eigenvalue weighted by Crippen LogP contribution is 2.47. The number of phosphoric ester groups is 1. The van der Waals surface area contributed by atoms with Crippen molar-refractivity contribution in [2.45, 2.75) is 201 Å². The van der Waals surface area contributed by atoms with Crippen molar-refractivity contribution in [3.8, 4) is 0 Å². The maximum Gasteiger partial charge on any atom is 0.472 e. The highest BCUT2D eigenvalue weighted by Gasteiger charge is 2.45. The van der Waals surface area contributed by atoms with Gasteiger partial charge in [-0.1, -0.05) is 157 Å². The first-order valence-electron chi connectivity index (χ1n) is 20.1. The summed E-state index contributed by atoms with van der Waals surface area (Å²) < 4.78 is 22.6. The van der Waals surface area contributed by atoms with Crippen molar-refractivity contribution in [3.05, 3.63) is 0 Å². The minimum atomic E-state index is -4.45. The maximum atomic E-state index is 12.4. The predicted molar refractivity (Wildman–Crippen MR) is 198 cm³/mol. The molecule has 11 atom stereocenters. The number of phosphoric acid groups is 1. The second-order valence-corrected chi connectivity index (χ2v) is 17.6. The van der Waals surface area contributed by atoms with E-state index in [1.54, 1.807) is 0 Å². The lowest BCUT2D eigenvalue weighted by atomic mass is 9.81. The molecule has 1 aliphatic rings. The number of rotatable bonds is 30. The van der Waals surface area contributed by atoms with Crippen molar-refractivity contribution in [1.29, 1.82) is 0 Å². The molecule has 5 N–H and O–H groups in total. The van der Waals surface area contributed by atoms with Crippen molar-refractivity contribution >= 4 is 7.82 Å². The number of hydrogen-bond donors (Lipinski definition) is 5. The van der Waals surface area contributed by atoms with E-state index >= 15 is 0 Å². The minimum absolute atomic E-state index is 0.0572. The van der Waals surface area contributed by atoms with Gasteiger partial charge in [0.2, 0.25) is 0 Å². The quantitative estimate of drug-likeness (QED) is 0.0368. The molecule has 0 saturated heterocycles. The molecule has 0 aliphatic heterocycles. The van der Waals surface area contributed by atoms with Crippen LogP contribution in [0, 0.1) is 35.5 Å². The Balaban J connectivity index is 2.06. The fourth-order valence-electron chi connectivity index (χ4n) is 7.46. The monoisotopic (exact) mass is 707 g/mol. The second-order valence-electron chi connectivity index (χ2n) is 16.2. The number of hydrogen-bond acceptors (Lipinski definition) is 7. The molecule has 0 aromatic heterocycles. The number of aliphatic hydroxyl groups is 4. The molecule has 0 aromatic carbocycles. The van der Waals surface area contributed by atoms with E-state index < -0.39 is 44.8 Å². The highest BCUT2D eigenvalue weighted by atomic mass is 31.2. The van der Waals surface area contributed by atoms with Crippen LogP contribution in [0.3, 0.4) is 0 Å². The lowest BCUT2D eigenvalue weighted by Gasteiger charge is -2.39. The Labute approximate surface area is 295 Å². The van der Waals surface area contributed by atoms with Crippen LogP contribution in [0.15, 0.2) is 0 Å². The van der Waals surface area contributed by atoms with Crippen LogP contribution in [0.2, 0.25) is 0 Å². The van der Waals surface area contributed by atoms with Gasteiger partial charge in [-0.05, 0) is 48.9 Å². The molecule has 0 amide bonds. The number of unbranched alkanes of at least 4 members (excludes halogenated alkanes) is 4. The van der Waals surface area contributed by atoms with Gasteiger partial charge in [0, 0.05) is 12.5 Å². The van der Waals surface area contributed by atoms with Crippen molar-refractivity contribution in [3.63, 3.8) is 0 Å². The summed E-state index contributed by atoms with van der Waals surface area (Å²) in [5, 5.41) is 39.4. The Kier molecular flexibility index (Phi) is 25.6. The summed E-state index contributed by atoms with van der Waals surface area (Å²) >= 11 is 0. The van der Waals surface area contributed by atoms with Crippen LogP contribution in [-0.4, -0.2) is 62.9 Å². The van der Waals surface area contributed by atoms with Gasteiger partial charge in [-0.3, -0.25) is 9.05 Å². The largest absolute Gasteiger partial charge is 0.472 e. The smallest absolute Gasteiger partial charge is 0.396 e. The molecule has 288 valence electrons. The van der Waals surface area contributed by atoms with E-state index in [0.717, 1.165) is 36.5 Å². The molecule has 9 heteroatoms. The van der Waals surface area contributed by atoms with Crippen molar-refractivity contribution in [2.24, 2.45) is 35.5 Å². The third-order valence-electron chi connectivity index (χ3n) is 11.1. The average molecular weight is 707 g/mol. The van der Waals surface area contributed by atoms with Crippen LogP contribution in [0.4, 0.5) is 0 Å². The fourth-order valence-corrected chi connectivity index (χ4v) is 8.43. The van der Waals surface area contributed by atoms with Crippen LogP contribution in [0.1, 0.15) is 176 Å². The van der Waals surface area contributed by atoms with Crippen LogP contribution in [-0.2, 0) is 13.6 Å². The zero-order valence-electron chi connectivity index (χ0n) is 31.9. The van der Waals surface area contributed by atoms with E-state index in [1.165, 1.54) is 109 Å². The van der Waals surface area contributed by atoms with Gasteiger partial charge in [0.05, 0.1) is 18.8 Å². The summed E-state index contributed by atoms with van der Waals surface area (Å²) in [6.07, 6.45) is 20.1. The van der Waals surface area contributed by atoms with Gasteiger partial charge in [-0.2, -0.15) is 0 Å². The molecule has 1 rings (SSSR count). The lowest BCUT2D eigenvalue weighted by molar-refractivity contribution is -0.160. The molecule has 8 nitrogen and oxygen atoms in total. The first-order valence-corrected chi connectivity index (χ1v) is 21.6. The van der Waals surface area contributed by atoms with E-state index in [1.807, 2.05) is 0 Å². The van der Waals surface area contributed by atoms with Gasteiger partial charge < -0.3 is 25.3 Å². The molecule has 1 saturated carbocycles. The highest BCUT2D eigenvalue weighted by molar-refractivity contribution is 7.47. The molecule has 0 heterocycles. The zero-order chi connectivity index (χ0) is 36.0. The molecule has 0 bridgehead atoms. The lowest BCUT2D eigenvalue weighted by Crippen LogP contribution is -2.54. The van der Waals surface area contributed by atoms with Gasteiger partial charge in [0.1, 0.15) is 12.2 Å². The molecule has 48 heavy (non-hydrogen) atoms. The molecule has 0 aromatic rings. The summed E-state index contributed by atoms with van der Waals surface area (Å²) in [6.45, 7) is 13.8. The molecule has 1 unspecified atom stereocenters. The van der Waals surface area contributed by atoms with Crippen LogP contribution >= 0.6 is 7.82 Å². The molecular formula is C39H79O8P. The standard InChI is InChI=1S/C39H79O8P/c1-7-8-9-10-11-17-30(2)18-12-19-31(3)20-13-21-32(4)22-14-23-33(5)24-15-25-34(6)26-16-27-46-48(44,45)47-36-28-35(29-40)37(41)39(43)38(36)42/h30-43H,7-29H2,1-6H3,(H,44,45)/t30-,31-,32-,33+,34-,35+,36+,37+,38+,39-/m0/s1. The topological polar surface area (TPSA) is 137 Å². The molecular weight excluding hydrogens is 627 g/mol. The minimum Gasteiger partial charge on any atom is -0.396 e. The van der Waals surface area contributed by atoms with Gasteiger partial charge in [0.25, 0.3) is 0 Å². The molecule has 1 fully saturated rings. The average Bonchev–Trinajstić information content (AvgIpc) is 3.03. The summed E-state index contributed by atoms with van der Waals surface area (Å²) in [5.41, 5.74) is 0. The summed E-state index contributed by atoms with van der Waals surface area (Å²) in [5.74, 6) is 3.06. The van der Waals surface area contributed by atoms with Crippen LogP contribution in [0.25, 0.3) is 0 Å². The van der Waals surface area contributed by atoms with Gasteiger partial charge >= 0.3 is 7.82 Å². The maximum absolute atomic E-state index is 12.4. The second kappa shape index (κ2) is 26.7. The van der Waals surface area contributed by atoms with Crippen LogP contribution in [0.5, 0.6) is 0 Å². The van der Waals surface area contributed by atoms with Crippen molar-refractivity contribution < 1.29 is 38.9 Å². The predicted octanol–water partition coefficient (Wildman–Crippen LogP) is 9.59. The summed E-state index contributed by atoms with van der Waals surface area (Å²) in [4.78, 5) is 10.1. The zero-order valence-corrected chi connectivity index (χ0v) is 32.8. The Morgan fingerprint density at radius 1 is 0.583 bits per heavy atom. The number of aliphatic hydroxyl groups excluding tert-OH is 4. The first-order chi connectivity index (χ1) is 22.8. The molecule has 0 spiro atoms. The first kappa shape index (κ1) is 46.0. The van der Waals surface area contributed by atoms with E-state index in [0.29, 0.717) is 12.3 Å². The Bertz CT molecular complexity index is 813. The normalized spacial score (nSPS) is 26.1. The van der Waals surface area contributed by atoms with E-state index in [9.17, 15) is 29.9 Å². The van der Waals surface area contributed by atoms with Gasteiger partial charge in [-0.25, -0.2) is 4.57 Å². The van der Waals surface area contributed by atoms with E-state index in [-0.39, 0.29) is 13.0 Å². The van der Waals surface area contributed by atoms with Crippen LogP contribution < -0.4 is 0 Å². The Morgan fingerprint density at radius 3 is 1.40 bits per heavy atom.